The van der Waals surface area contributed by atoms with Gasteiger partial charge in [-0.25, -0.2) is 0 Å². The second kappa shape index (κ2) is 6.44. The van der Waals surface area contributed by atoms with E-state index in [-0.39, 0.29) is 49.6 Å². The maximum atomic E-state index is 12.3. The first-order valence-electron chi connectivity index (χ1n) is 5.87. The number of nitrogens with zero attached hydrogens (tertiary/aromatic N) is 1. The van der Waals surface area contributed by atoms with Gasteiger partial charge in [0.25, 0.3) is 5.56 Å². The number of carbonyl (C=O) groups excluding carboxylic acids is 1. The molecule has 1 aromatic heterocycles. The van der Waals surface area contributed by atoms with Crippen LogP contribution >= 0.6 is 0 Å². The molecule has 0 bridgehead atoms. The Morgan fingerprint density at radius 2 is 2.05 bits per heavy atom. The predicted octanol–water partition coefficient (Wildman–Crippen LogP) is 1.84. The topological polar surface area (TPSA) is 54.9 Å². The molecule has 0 aliphatic carbocycles. The van der Waals surface area contributed by atoms with Gasteiger partial charge in [-0.05, 0) is 6.92 Å². The van der Waals surface area contributed by atoms with Gasteiger partial charge in [0.2, 0.25) is 0 Å². The Morgan fingerprint density at radius 1 is 1.37 bits per heavy atom. The average Bonchev–Trinajstić information content (AvgIpc) is 2.73. The van der Waals surface area contributed by atoms with Gasteiger partial charge in [-0.3, -0.25) is 14.3 Å². The zero-order chi connectivity index (χ0) is 13.3. The molecule has 0 amide bonds. The van der Waals surface area contributed by atoms with Crippen LogP contribution in [0.4, 0.5) is 0 Å². The predicted molar refractivity (Wildman–Crippen MR) is 68.9 cm³/mol. The average molecular weight is 332 g/mol. The number of nitrogens with one attached hydrogen (secondary N) is 1. The molecule has 4 nitrogen and oxygen atoms in total. The molecule has 1 N–H and O–H groups in total. The minimum absolute atomic E-state index is 0. The van der Waals surface area contributed by atoms with Gasteiger partial charge in [0.05, 0.1) is 0 Å². The van der Waals surface area contributed by atoms with Crippen molar-refractivity contribution in [3.63, 3.8) is 0 Å². The van der Waals surface area contributed by atoms with Crippen LogP contribution in [0.25, 0.3) is 0 Å². The van der Waals surface area contributed by atoms with Crippen LogP contribution in [0.15, 0.2) is 23.1 Å². The van der Waals surface area contributed by atoms with Crippen molar-refractivity contribution in [1.29, 1.82) is 0 Å². The van der Waals surface area contributed by atoms with Gasteiger partial charge in [0, 0.05) is 45.5 Å². The summed E-state index contributed by atoms with van der Waals surface area (Å²) < 4.78 is 1.41. The summed E-state index contributed by atoms with van der Waals surface area (Å²) >= 11 is 0. The maximum absolute atomic E-state index is 12.3. The fourth-order valence-corrected chi connectivity index (χ4v) is 1.88. The third-order valence-corrected chi connectivity index (χ3v) is 3.16. The van der Waals surface area contributed by atoms with Crippen molar-refractivity contribution in [3.05, 3.63) is 57.0 Å². The van der Waals surface area contributed by atoms with Gasteiger partial charge in [0.15, 0.2) is 5.78 Å². The summed E-state index contributed by atoms with van der Waals surface area (Å²) in [5.41, 5.74) is 2.27. The summed E-state index contributed by atoms with van der Waals surface area (Å²) in [6.45, 7) is 6.13. The normalized spacial score (nSPS) is 10.1. The molecule has 0 spiro atoms. The van der Waals surface area contributed by atoms with E-state index in [1.54, 1.807) is 12.1 Å². The fraction of sp³-hybridized carbons (Fsp3) is 0.286. The number of benzene rings is 1. The number of hydrogen-bond acceptors (Lipinski definition) is 2. The van der Waals surface area contributed by atoms with Crippen LogP contribution in [0.2, 0.25) is 0 Å². The second-order valence-corrected chi connectivity index (χ2v) is 4.21. The molecule has 2 rings (SSSR count). The minimum Gasteiger partial charge on any atom is -0.302 e. The van der Waals surface area contributed by atoms with Gasteiger partial charge in [-0.1, -0.05) is 19.4 Å². The molecule has 0 aliphatic heterocycles. The van der Waals surface area contributed by atoms with Crippen molar-refractivity contribution < 1.29 is 37.5 Å². The summed E-state index contributed by atoms with van der Waals surface area (Å²) in [5, 5.41) is 2.78. The van der Waals surface area contributed by atoms with E-state index in [0.29, 0.717) is 12.1 Å². The minimum atomic E-state index is -0.271. The van der Waals surface area contributed by atoms with Crippen molar-refractivity contribution in [3.8, 4) is 0 Å². The van der Waals surface area contributed by atoms with Gasteiger partial charge in [0.1, 0.15) is 5.56 Å². The standard InChI is InChI=1S/C14H15N2O2.Y/c1-4-16-14(18)12(8-15-16)13(17)11-7-5-6-9(2)10(11)3;/h5,7-8,15H,4H2,1-3H3;/q-1;. The second-order valence-electron chi connectivity index (χ2n) is 4.21. The van der Waals surface area contributed by atoms with Crippen LogP contribution in [-0.2, 0) is 39.3 Å². The molecule has 5 heteroatoms. The Kier molecular flexibility index (Phi) is 5.44. The quantitative estimate of drug-likeness (QED) is 0.689. The maximum Gasteiger partial charge on any atom is 0.277 e. The van der Waals surface area contributed by atoms with E-state index in [0.717, 1.165) is 11.1 Å². The van der Waals surface area contributed by atoms with E-state index in [1.807, 2.05) is 20.8 Å². The Bertz CT molecular complexity index is 656. The summed E-state index contributed by atoms with van der Waals surface area (Å²) in [6, 6.07) is 6.44. The van der Waals surface area contributed by atoms with Crippen molar-refractivity contribution in [2.45, 2.75) is 27.3 Å². The van der Waals surface area contributed by atoms with Crippen molar-refractivity contribution >= 4 is 5.78 Å². The summed E-state index contributed by atoms with van der Waals surface area (Å²) in [6.07, 6.45) is 1.47. The summed E-state index contributed by atoms with van der Waals surface area (Å²) in [4.78, 5) is 24.2. The molecular weight excluding hydrogens is 317 g/mol. The van der Waals surface area contributed by atoms with E-state index in [1.165, 1.54) is 10.9 Å². The zero-order valence-electron chi connectivity index (χ0n) is 11.3. The van der Waals surface area contributed by atoms with E-state index in [2.05, 4.69) is 11.2 Å². The smallest absolute Gasteiger partial charge is 0.277 e. The van der Waals surface area contributed by atoms with Gasteiger partial charge in [-0.15, -0.1) is 5.56 Å². The Labute approximate surface area is 137 Å². The van der Waals surface area contributed by atoms with Crippen molar-refractivity contribution in [1.82, 2.24) is 9.78 Å². The number of rotatable bonds is 3. The van der Waals surface area contributed by atoms with Gasteiger partial charge >= 0.3 is 0 Å². The number of hydrogen-bond donors (Lipinski definition) is 1. The molecule has 1 radical (unpaired) electrons. The molecule has 1 heterocycles. The third kappa shape index (κ3) is 2.95. The molecule has 97 valence electrons. The number of ketones is 1. The summed E-state index contributed by atoms with van der Waals surface area (Å²) in [7, 11) is 0. The van der Waals surface area contributed by atoms with E-state index in [9.17, 15) is 9.59 Å². The van der Waals surface area contributed by atoms with E-state index >= 15 is 0 Å². The van der Waals surface area contributed by atoms with Gasteiger partial charge in [-0.2, -0.15) is 23.8 Å². The SMILES string of the molecule is CCn1[nH]cc(C(=O)c2cc[c-]c(C)c2C)c1=O.[Y]. The molecule has 0 aliphatic rings. The van der Waals surface area contributed by atoms with Crippen LogP contribution in [0.3, 0.4) is 0 Å². The van der Waals surface area contributed by atoms with E-state index in [4.69, 9.17) is 0 Å². The first kappa shape index (κ1) is 16.1. The monoisotopic (exact) mass is 332 g/mol. The van der Waals surface area contributed by atoms with Gasteiger partial charge < -0.3 is 5.10 Å². The molecule has 0 unspecified atom stereocenters. The Morgan fingerprint density at radius 3 is 2.63 bits per heavy atom. The number of aromatic amines is 1. The molecule has 1 aromatic carbocycles. The van der Waals surface area contributed by atoms with Crippen molar-refractivity contribution in [2.24, 2.45) is 0 Å². The Hall–Kier alpha value is -0.996. The first-order valence-corrected chi connectivity index (χ1v) is 5.87. The fourth-order valence-electron chi connectivity index (χ4n) is 1.88. The van der Waals surface area contributed by atoms with Crippen LogP contribution in [0.1, 0.15) is 34.0 Å². The number of carbonyl (C=O) groups is 1. The Balaban J connectivity index is 0.00000180. The van der Waals surface area contributed by atoms with Crippen molar-refractivity contribution in [2.75, 3.05) is 0 Å². The molecular formula is C14H15N2O2Y-. The van der Waals surface area contributed by atoms with Crippen LogP contribution in [0.5, 0.6) is 0 Å². The molecule has 0 fully saturated rings. The zero-order valence-corrected chi connectivity index (χ0v) is 14.1. The summed E-state index contributed by atoms with van der Waals surface area (Å²) in [5.74, 6) is -0.238. The third-order valence-electron chi connectivity index (χ3n) is 3.16. The van der Waals surface area contributed by atoms with Crippen LogP contribution < -0.4 is 5.56 Å². The molecule has 19 heavy (non-hydrogen) atoms. The number of aryl methyl sites for hydroxylation is 2. The van der Waals surface area contributed by atoms with Crippen LogP contribution in [-0.4, -0.2) is 15.6 Å². The van der Waals surface area contributed by atoms with Crippen LogP contribution in [0, 0.1) is 19.9 Å². The molecule has 0 saturated carbocycles. The number of H-pyrrole nitrogens is 1. The molecule has 2 aromatic rings. The molecule has 0 atom stereocenters. The van der Waals surface area contributed by atoms with E-state index < -0.39 is 0 Å². The largest absolute Gasteiger partial charge is 0.302 e. The number of aromatic nitrogens is 2. The molecule has 0 saturated heterocycles. The first-order chi connectivity index (χ1) is 8.56.